The number of hydrogen-bond acceptors (Lipinski definition) is 5. The molecule has 9 heteroatoms. The van der Waals surface area contributed by atoms with E-state index in [0.717, 1.165) is 27.8 Å². The highest BCUT2D eigenvalue weighted by molar-refractivity contribution is 7.89. The zero-order valence-electron chi connectivity index (χ0n) is 19.6. The number of carbonyl (C=O) groups is 2. The molecule has 1 saturated heterocycles. The molecule has 2 amide bonds. The minimum Gasteiger partial charge on any atom is -0.482 e. The zero-order valence-corrected chi connectivity index (χ0v) is 20.4. The zero-order chi connectivity index (χ0) is 24.1. The number of ether oxygens (including phenoxy) is 1. The van der Waals surface area contributed by atoms with Gasteiger partial charge in [0.1, 0.15) is 5.75 Å². The van der Waals surface area contributed by atoms with Gasteiger partial charge in [0.15, 0.2) is 6.61 Å². The number of amides is 2. The van der Waals surface area contributed by atoms with Crippen molar-refractivity contribution in [3.63, 3.8) is 0 Å². The third-order valence-corrected chi connectivity index (χ3v) is 9.09. The van der Waals surface area contributed by atoms with Gasteiger partial charge in [-0.2, -0.15) is 4.31 Å². The topological polar surface area (TPSA) is 96.0 Å². The fourth-order valence-electron chi connectivity index (χ4n) is 4.50. The Hall–Kier alpha value is -2.91. The standard InChI is InChI=1S/C24H29N3O5S/c1-14-15(2)17(4)23(18(5)16(14)3)33(30,31)27-10-8-26(9-11-27)24(29)19-6-7-20-21(12-19)32-13-22(28)25-20/h6-7,12H,8-11,13H2,1-5H3,(H,25,28). The van der Waals surface area contributed by atoms with Crippen LogP contribution in [-0.4, -0.2) is 62.2 Å². The van der Waals surface area contributed by atoms with Crippen LogP contribution in [0.15, 0.2) is 23.1 Å². The van der Waals surface area contributed by atoms with Gasteiger partial charge in [0.25, 0.3) is 11.8 Å². The number of sulfonamides is 1. The Labute approximate surface area is 194 Å². The first-order chi connectivity index (χ1) is 15.5. The first-order valence-corrected chi connectivity index (χ1v) is 12.4. The number of benzene rings is 2. The van der Waals surface area contributed by atoms with Crippen LogP contribution in [0.2, 0.25) is 0 Å². The Balaban J connectivity index is 1.51. The molecule has 0 atom stereocenters. The molecule has 2 aliphatic rings. The van der Waals surface area contributed by atoms with E-state index in [-0.39, 0.29) is 31.5 Å². The van der Waals surface area contributed by atoms with Gasteiger partial charge in [-0.15, -0.1) is 0 Å². The molecule has 33 heavy (non-hydrogen) atoms. The van der Waals surface area contributed by atoms with Crippen molar-refractivity contribution >= 4 is 27.5 Å². The average molecular weight is 472 g/mol. The van der Waals surface area contributed by atoms with E-state index in [4.69, 9.17) is 4.74 Å². The molecule has 1 fully saturated rings. The number of piperazine rings is 1. The minimum absolute atomic E-state index is 0.0853. The predicted molar refractivity (Wildman–Crippen MR) is 125 cm³/mol. The van der Waals surface area contributed by atoms with Gasteiger partial charge in [0, 0.05) is 31.7 Å². The Morgan fingerprint density at radius 3 is 2.09 bits per heavy atom. The lowest BCUT2D eigenvalue weighted by molar-refractivity contribution is -0.118. The van der Waals surface area contributed by atoms with Crippen molar-refractivity contribution < 1.29 is 22.7 Å². The first-order valence-electron chi connectivity index (χ1n) is 11.0. The van der Waals surface area contributed by atoms with Crippen LogP contribution in [0, 0.1) is 34.6 Å². The van der Waals surface area contributed by atoms with E-state index in [9.17, 15) is 18.0 Å². The molecule has 0 radical (unpaired) electrons. The summed E-state index contributed by atoms with van der Waals surface area (Å²) in [6.45, 7) is 10.6. The predicted octanol–water partition coefficient (Wildman–Crippen LogP) is 2.71. The second-order valence-electron chi connectivity index (χ2n) is 8.70. The summed E-state index contributed by atoms with van der Waals surface area (Å²) in [4.78, 5) is 26.5. The second kappa shape index (κ2) is 8.46. The fraction of sp³-hybridized carbons (Fsp3) is 0.417. The van der Waals surface area contributed by atoms with Gasteiger partial charge in [0.05, 0.1) is 10.6 Å². The first kappa shape index (κ1) is 23.3. The molecular weight excluding hydrogens is 442 g/mol. The third-order valence-electron chi connectivity index (χ3n) is 6.92. The SMILES string of the molecule is Cc1c(C)c(C)c(S(=O)(=O)N2CCN(C(=O)c3ccc4c(c3)OCC(=O)N4)CC2)c(C)c1C. The number of anilines is 1. The van der Waals surface area contributed by atoms with Crippen molar-refractivity contribution in [2.24, 2.45) is 0 Å². The number of fused-ring (bicyclic) bond motifs is 1. The minimum atomic E-state index is -3.68. The molecule has 176 valence electrons. The van der Waals surface area contributed by atoms with Crippen molar-refractivity contribution in [2.75, 3.05) is 38.1 Å². The van der Waals surface area contributed by atoms with Crippen LogP contribution in [0.1, 0.15) is 38.2 Å². The molecule has 2 aliphatic heterocycles. The number of nitrogens with one attached hydrogen (secondary N) is 1. The van der Waals surface area contributed by atoms with Gasteiger partial charge < -0.3 is 15.0 Å². The molecule has 4 rings (SSSR count). The molecule has 0 aromatic heterocycles. The molecule has 0 aliphatic carbocycles. The summed E-state index contributed by atoms with van der Waals surface area (Å²) >= 11 is 0. The normalized spacial score (nSPS) is 16.8. The third kappa shape index (κ3) is 4.00. The summed E-state index contributed by atoms with van der Waals surface area (Å²) in [6, 6.07) is 4.91. The van der Waals surface area contributed by atoms with Gasteiger partial charge in [-0.25, -0.2) is 8.42 Å². The van der Waals surface area contributed by atoms with E-state index in [2.05, 4.69) is 5.32 Å². The Morgan fingerprint density at radius 1 is 0.909 bits per heavy atom. The molecule has 0 spiro atoms. The molecule has 8 nitrogen and oxygen atoms in total. The lowest BCUT2D eigenvalue weighted by Crippen LogP contribution is -2.50. The van der Waals surface area contributed by atoms with Crippen LogP contribution in [0.4, 0.5) is 5.69 Å². The lowest BCUT2D eigenvalue weighted by Gasteiger charge is -2.35. The summed E-state index contributed by atoms with van der Waals surface area (Å²) in [5, 5.41) is 2.70. The average Bonchev–Trinajstić information content (AvgIpc) is 2.80. The van der Waals surface area contributed by atoms with Crippen LogP contribution in [0.3, 0.4) is 0 Å². The van der Waals surface area contributed by atoms with E-state index in [0.29, 0.717) is 35.0 Å². The molecule has 2 aromatic rings. The van der Waals surface area contributed by atoms with Gasteiger partial charge in [-0.3, -0.25) is 9.59 Å². The van der Waals surface area contributed by atoms with Gasteiger partial charge in [-0.1, -0.05) is 0 Å². The lowest BCUT2D eigenvalue weighted by atomic mass is 9.95. The van der Waals surface area contributed by atoms with E-state index in [1.54, 1.807) is 23.1 Å². The van der Waals surface area contributed by atoms with Crippen LogP contribution >= 0.6 is 0 Å². The van der Waals surface area contributed by atoms with E-state index in [1.807, 2.05) is 34.6 Å². The highest BCUT2D eigenvalue weighted by Crippen LogP contribution is 2.32. The molecule has 2 aromatic carbocycles. The van der Waals surface area contributed by atoms with E-state index < -0.39 is 10.0 Å². The molecule has 1 N–H and O–H groups in total. The largest absolute Gasteiger partial charge is 0.482 e. The highest BCUT2D eigenvalue weighted by Gasteiger charge is 2.34. The number of rotatable bonds is 3. The molecule has 0 unspecified atom stereocenters. The second-order valence-corrected chi connectivity index (χ2v) is 10.6. The number of hydrogen-bond donors (Lipinski definition) is 1. The summed E-state index contributed by atoms with van der Waals surface area (Å²) < 4.78 is 34.0. The summed E-state index contributed by atoms with van der Waals surface area (Å²) in [7, 11) is -3.68. The maximum absolute atomic E-state index is 13.5. The molecule has 0 saturated carbocycles. The maximum Gasteiger partial charge on any atom is 0.262 e. The molecule has 2 heterocycles. The van der Waals surface area contributed by atoms with Gasteiger partial charge >= 0.3 is 0 Å². The van der Waals surface area contributed by atoms with Crippen molar-refractivity contribution in [3.8, 4) is 5.75 Å². The molecular formula is C24H29N3O5S. The number of nitrogens with zero attached hydrogens (tertiary/aromatic N) is 2. The van der Waals surface area contributed by atoms with E-state index >= 15 is 0 Å². The Morgan fingerprint density at radius 2 is 1.48 bits per heavy atom. The summed E-state index contributed by atoms with van der Waals surface area (Å²) in [5.74, 6) is 0.0332. The van der Waals surface area contributed by atoms with Crippen molar-refractivity contribution in [2.45, 2.75) is 39.5 Å². The van der Waals surface area contributed by atoms with Crippen molar-refractivity contribution in [1.29, 1.82) is 0 Å². The van der Waals surface area contributed by atoms with Gasteiger partial charge in [0.2, 0.25) is 10.0 Å². The van der Waals surface area contributed by atoms with Crippen LogP contribution in [0.25, 0.3) is 0 Å². The highest BCUT2D eigenvalue weighted by atomic mass is 32.2. The van der Waals surface area contributed by atoms with E-state index in [1.165, 1.54) is 4.31 Å². The summed E-state index contributed by atoms with van der Waals surface area (Å²) in [6.07, 6.45) is 0. The van der Waals surface area contributed by atoms with Gasteiger partial charge in [-0.05, 0) is 80.6 Å². The maximum atomic E-state index is 13.5. The fourth-order valence-corrected chi connectivity index (χ4v) is 6.49. The van der Waals surface area contributed by atoms with Crippen molar-refractivity contribution in [1.82, 2.24) is 9.21 Å². The molecule has 0 bridgehead atoms. The Kier molecular flexibility index (Phi) is 5.96. The summed E-state index contributed by atoms with van der Waals surface area (Å²) in [5.41, 5.74) is 5.66. The van der Waals surface area contributed by atoms with Crippen LogP contribution in [0.5, 0.6) is 5.75 Å². The smallest absolute Gasteiger partial charge is 0.262 e. The number of carbonyl (C=O) groups excluding carboxylic acids is 2. The van der Waals surface area contributed by atoms with Crippen LogP contribution < -0.4 is 10.1 Å². The Bertz CT molecular complexity index is 1230. The quantitative estimate of drug-likeness (QED) is 0.743. The van der Waals surface area contributed by atoms with Crippen molar-refractivity contribution in [3.05, 3.63) is 51.6 Å². The monoisotopic (exact) mass is 471 g/mol. The van der Waals surface area contributed by atoms with Crippen LogP contribution in [-0.2, 0) is 14.8 Å².